The summed E-state index contributed by atoms with van der Waals surface area (Å²) in [6, 6.07) is 2.18. The average Bonchev–Trinajstić information content (AvgIpc) is 2.02. The summed E-state index contributed by atoms with van der Waals surface area (Å²) < 4.78 is 5.34. The molecule has 0 radical (unpaired) electrons. The molecular formula is C9H16N2O. The fourth-order valence-electron chi connectivity index (χ4n) is 1.43. The molecule has 0 aliphatic carbocycles. The van der Waals surface area contributed by atoms with Crippen molar-refractivity contribution in [1.82, 2.24) is 4.90 Å². The summed E-state index contributed by atoms with van der Waals surface area (Å²) in [7, 11) is 0. The van der Waals surface area contributed by atoms with Gasteiger partial charge in [0.25, 0.3) is 0 Å². The predicted octanol–water partition coefficient (Wildman–Crippen LogP) is 1.01. The van der Waals surface area contributed by atoms with Crippen molar-refractivity contribution in [2.45, 2.75) is 19.3 Å². The largest absolute Gasteiger partial charge is 0.381 e. The van der Waals surface area contributed by atoms with Crippen LogP contribution in [-0.4, -0.2) is 37.7 Å². The van der Waals surface area contributed by atoms with Crippen molar-refractivity contribution in [1.29, 1.82) is 5.26 Å². The lowest BCUT2D eigenvalue weighted by Gasteiger charge is -2.23. The van der Waals surface area contributed by atoms with Gasteiger partial charge >= 0.3 is 0 Å². The highest BCUT2D eigenvalue weighted by Gasteiger charge is 2.06. The molecule has 0 atom stereocenters. The van der Waals surface area contributed by atoms with Gasteiger partial charge in [0.05, 0.1) is 6.07 Å². The van der Waals surface area contributed by atoms with Crippen molar-refractivity contribution >= 4 is 0 Å². The molecule has 0 bridgehead atoms. The Hall–Kier alpha value is -0.590. The van der Waals surface area contributed by atoms with Gasteiger partial charge in [0.2, 0.25) is 0 Å². The summed E-state index contributed by atoms with van der Waals surface area (Å²) in [6.45, 7) is 4.85. The zero-order valence-electron chi connectivity index (χ0n) is 7.46. The molecule has 0 spiro atoms. The minimum Gasteiger partial charge on any atom is -0.381 e. The van der Waals surface area contributed by atoms with Crippen molar-refractivity contribution in [3.05, 3.63) is 0 Å². The van der Waals surface area contributed by atoms with Crippen molar-refractivity contribution in [3.63, 3.8) is 0 Å². The Balaban J connectivity index is 2.16. The van der Waals surface area contributed by atoms with Gasteiger partial charge < -0.3 is 9.64 Å². The second-order valence-corrected chi connectivity index (χ2v) is 3.07. The number of rotatable bonds is 2. The van der Waals surface area contributed by atoms with E-state index in [-0.39, 0.29) is 0 Å². The van der Waals surface area contributed by atoms with Crippen LogP contribution in [0.2, 0.25) is 0 Å². The fraction of sp³-hybridized carbons (Fsp3) is 0.889. The van der Waals surface area contributed by atoms with Crippen LogP contribution in [0.5, 0.6) is 0 Å². The zero-order valence-corrected chi connectivity index (χ0v) is 7.46. The van der Waals surface area contributed by atoms with Crippen LogP contribution in [0.1, 0.15) is 19.3 Å². The molecule has 0 aromatic heterocycles. The molecule has 68 valence electrons. The van der Waals surface area contributed by atoms with E-state index < -0.39 is 0 Å². The minimum atomic E-state index is 0.654. The smallest absolute Gasteiger partial charge is 0.0635 e. The van der Waals surface area contributed by atoms with E-state index in [1.165, 1.54) is 0 Å². The van der Waals surface area contributed by atoms with Crippen molar-refractivity contribution in [2.75, 3.05) is 32.8 Å². The molecule has 1 fully saturated rings. The van der Waals surface area contributed by atoms with Crippen LogP contribution >= 0.6 is 0 Å². The van der Waals surface area contributed by atoms with Crippen LogP contribution in [0.25, 0.3) is 0 Å². The molecule has 3 heteroatoms. The van der Waals surface area contributed by atoms with E-state index in [1.54, 1.807) is 0 Å². The molecule has 1 rings (SSSR count). The van der Waals surface area contributed by atoms with Gasteiger partial charge in [-0.05, 0) is 12.8 Å². The van der Waals surface area contributed by atoms with E-state index in [4.69, 9.17) is 10.00 Å². The molecule has 3 nitrogen and oxygen atoms in total. The highest BCUT2D eigenvalue weighted by atomic mass is 16.5. The first kappa shape index (κ1) is 9.50. The molecule has 0 aromatic rings. The third kappa shape index (κ3) is 3.70. The third-order valence-electron chi connectivity index (χ3n) is 2.07. The van der Waals surface area contributed by atoms with Crippen molar-refractivity contribution in [3.8, 4) is 6.07 Å². The molecule has 1 heterocycles. The van der Waals surface area contributed by atoms with E-state index in [0.717, 1.165) is 45.7 Å². The molecule has 0 amide bonds. The topological polar surface area (TPSA) is 36.3 Å². The summed E-state index contributed by atoms with van der Waals surface area (Å²) >= 11 is 0. The fourth-order valence-corrected chi connectivity index (χ4v) is 1.43. The van der Waals surface area contributed by atoms with Gasteiger partial charge in [-0.25, -0.2) is 0 Å². The van der Waals surface area contributed by atoms with Gasteiger partial charge in [0.15, 0.2) is 0 Å². The summed E-state index contributed by atoms with van der Waals surface area (Å²) in [5, 5.41) is 8.42. The Labute approximate surface area is 73.9 Å². The number of hydrogen-bond donors (Lipinski definition) is 0. The first-order valence-corrected chi connectivity index (χ1v) is 4.60. The van der Waals surface area contributed by atoms with Crippen LogP contribution in [0.15, 0.2) is 0 Å². The van der Waals surface area contributed by atoms with Gasteiger partial charge in [-0.3, -0.25) is 0 Å². The average molecular weight is 168 g/mol. The van der Waals surface area contributed by atoms with Crippen molar-refractivity contribution < 1.29 is 4.74 Å². The lowest BCUT2D eigenvalue weighted by Crippen LogP contribution is -2.30. The SMILES string of the molecule is N#CCCN1CCCOCCC1. The van der Waals surface area contributed by atoms with E-state index >= 15 is 0 Å². The zero-order chi connectivity index (χ0) is 8.65. The molecular weight excluding hydrogens is 152 g/mol. The molecule has 1 saturated heterocycles. The molecule has 12 heavy (non-hydrogen) atoms. The van der Waals surface area contributed by atoms with Crippen LogP contribution in [0.3, 0.4) is 0 Å². The summed E-state index contributed by atoms with van der Waals surface area (Å²) in [5.74, 6) is 0. The first-order chi connectivity index (χ1) is 5.93. The van der Waals surface area contributed by atoms with Crippen LogP contribution in [-0.2, 0) is 4.74 Å². The maximum absolute atomic E-state index is 8.42. The Bertz CT molecular complexity index is 145. The van der Waals surface area contributed by atoms with E-state index in [1.807, 2.05) is 0 Å². The summed E-state index contributed by atoms with van der Waals surface area (Å²) in [6.07, 6.45) is 2.86. The Morgan fingerprint density at radius 3 is 2.50 bits per heavy atom. The maximum atomic E-state index is 8.42. The first-order valence-electron chi connectivity index (χ1n) is 4.60. The molecule has 0 saturated carbocycles. The molecule has 0 N–H and O–H groups in total. The predicted molar refractivity (Wildman–Crippen MR) is 46.7 cm³/mol. The van der Waals surface area contributed by atoms with Gasteiger partial charge in [-0.15, -0.1) is 0 Å². The lowest BCUT2D eigenvalue weighted by atomic mass is 10.3. The minimum absolute atomic E-state index is 0.654. The Morgan fingerprint density at radius 1 is 1.25 bits per heavy atom. The van der Waals surface area contributed by atoms with Gasteiger partial charge in [-0.2, -0.15) is 5.26 Å². The van der Waals surface area contributed by atoms with Crippen molar-refractivity contribution in [2.24, 2.45) is 0 Å². The van der Waals surface area contributed by atoms with E-state index in [0.29, 0.717) is 6.42 Å². The van der Waals surface area contributed by atoms with Gasteiger partial charge in [0.1, 0.15) is 0 Å². The van der Waals surface area contributed by atoms with E-state index in [9.17, 15) is 0 Å². The van der Waals surface area contributed by atoms with Crippen LogP contribution in [0, 0.1) is 11.3 Å². The standard InChI is InChI=1S/C9H16N2O/c10-4-1-5-11-6-2-8-12-9-3-7-11/h1-3,5-9H2. The Kier molecular flexibility index (Phi) is 4.74. The highest BCUT2D eigenvalue weighted by Crippen LogP contribution is 2.00. The number of ether oxygens (including phenoxy) is 1. The molecule has 1 aliphatic heterocycles. The normalized spacial score (nSPS) is 20.9. The van der Waals surface area contributed by atoms with Crippen LogP contribution < -0.4 is 0 Å². The third-order valence-corrected chi connectivity index (χ3v) is 2.07. The summed E-state index contributed by atoms with van der Waals surface area (Å²) in [5.41, 5.74) is 0. The van der Waals surface area contributed by atoms with E-state index in [2.05, 4.69) is 11.0 Å². The highest BCUT2D eigenvalue weighted by molar-refractivity contribution is 4.72. The van der Waals surface area contributed by atoms with Gasteiger partial charge in [-0.1, -0.05) is 0 Å². The number of hydrogen-bond acceptors (Lipinski definition) is 3. The van der Waals surface area contributed by atoms with Crippen LogP contribution in [0.4, 0.5) is 0 Å². The second-order valence-electron chi connectivity index (χ2n) is 3.07. The summed E-state index contributed by atoms with van der Waals surface area (Å²) in [4.78, 5) is 2.35. The second kappa shape index (κ2) is 5.99. The number of nitrogens with zero attached hydrogens (tertiary/aromatic N) is 2. The van der Waals surface area contributed by atoms with Gasteiger partial charge in [0, 0.05) is 39.3 Å². The molecule has 0 unspecified atom stereocenters. The lowest BCUT2D eigenvalue weighted by molar-refractivity contribution is 0.0894. The number of nitriles is 1. The Morgan fingerprint density at radius 2 is 1.92 bits per heavy atom. The molecule has 1 aliphatic rings. The maximum Gasteiger partial charge on any atom is 0.0635 e. The molecule has 0 aromatic carbocycles. The monoisotopic (exact) mass is 168 g/mol. The quantitative estimate of drug-likeness (QED) is 0.617.